The lowest BCUT2D eigenvalue weighted by Crippen LogP contribution is -2.50. The minimum Gasteiger partial charge on any atom is -0.469 e. The Hall–Kier alpha value is -0.790. The fraction of sp³-hybridized carbons (Fsp3) is 0.812. The number of rotatable bonds is 1. The van der Waals surface area contributed by atoms with E-state index in [1.54, 1.807) is 0 Å². The van der Waals surface area contributed by atoms with Crippen LogP contribution in [0.2, 0.25) is 0 Å². The third kappa shape index (κ3) is 2.00. The molecule has 0 aromatic rings. The molecular formula is C16H26O2. The number of allylic oxidation sites excluding steroid dienone is 2. The Morgan fingerprint density at radius 1 is 1.39 bits per heavy atom. The van der Waals surface area contributed by atoms with Gasteiger partial charge in [-0.25, -0.2) is 0 Å². The minimum atomic E-state index is 0.00993. The summed E-state index contributed by atoms with van der Waals surface area (Å²) < 4.78 is 5.08. The molecule has 0 radical (unpaired) electrons. The number of methoxy groups -OCH3 is 1. The van der Waals surface area contributed by atoms with Crippen LogP contribution < -0.4 is 0 Å². The number of carbonyl (C=O) groups excluding carboxylic acids is 1. The zero-order valence-electron chi connectivity index (χ0n) is 12.2. The van der Waals surface area contributed by atoms with E-state index < -0.39 is 0 Å². The summed E-state index contributed by atoms with van der Waals surface area (Å²) in [5, 5.41) is 0. The molecule has 0 aromatic carbocycles. The van der Waals surface area contributed by atoms with E-state index in [0.29, 0.717) is 0 Å². The maximum absolute atomic E-state index is 12.2. The largest absolute Gasteiger partial charge is 0.469 e. The number of hydrogen-bond donors (Lipinski definition) is 0. The van der Waals surface area contributed by atoms with Crippen molar-refractivity contribution in [2.75, 3.05) is 7.11 Å². The number of hydrogen-bond acceptors (Lipinski definition) is 2. The van der Waals surface area contributed by atoms with Crippen molar-refractivity contribution >= 4 is 5.97 Å². The third-order valence-corrected chi connectivity index (χ3v) is 5.58. The van der Waals surface area contributed by atoms with Gasteiger partial charge in [-0.1, -0.05) is 31.9 Å². The van der Waals surface area contributed by atoms with Crippen LogP contribution in [0.25, 0.3) is 0 Å². The first-order valence-electron chi connectivity index (χ1n) is 7.16. The molecule has 2 aliphatic carbocycles. The molecule has 2 atom stereocenters. The Balaban J connectivity index is 2.37. The first kappa shape index (κ1) is 13.6. The topological polar surface area (TPSA) is 26.3 Å². The van der Waals surface area contributed by atoms with Crippen LogP contribution in [0.5, 0.6) is 0 Å². The van der Waals surface area contributed by atoms with Gasteiger partial charge < -0.3 is 4.74 Å². The quantitative estimate of drug-likeness (QED) is 0.517. The van der Waals surface area contributed by atoms with E-state index in [-0.39, 0.29) is 22.7 Å². The normalized spacial score (nSPS) is 35.1. The first-order chi connectivity index (χ1) is 8.43. The molecule has 1 fully saturated rings. The van der Waals surface area contributed by atoms with Gasteiger partial charge >= 0.3 is 5.97 Å². The van der Waals surface area contributed by atoms with Gasteiger partial charge in [0.15, 0.2) is 0 Å². The monoisotopic (exact) mass is 250 g/mol. The van der Waals surface area contributed by atoms with E-state index in [1.807, 2.05) is 0 Å². The maximum Gasteiger partial charge on any atom is 0.309 e. The molecule has 0 aliphatic heterocycles. The van der Waals surface area contributed by atoms with E-state index in [4.69, 9.17) is 4.74 Å². The van der Waals surface area contributed by atoms with E-state index in [9.17, 15) is 4.79 Å². The molecule has 2 rings (SSSR count). The van der Waals surface area contributed by atoms with Crippen LogP contribution >= 0.6 is 0 Å². The van der Waals surface area contributed by atoms with Gasteiger partial charge in [0, 0.05) is 0 Å². The molecule has 0 bridgehead atoms. The highest BCUT2D eigenvalue weighted by molar-refractivity contribution is 5.73. The van der Waals surface area contributed by atoms with Gasteiger partial charge in [-0.15, -0.1) is 0 Å². The predicted octanol–water partition coefficient (Wildman–Crippen LogP) is 4.10. The summed E-state index contributed by atoms with van der Waals surface area (Å²) in [7, 11) is 1.53. The Bertz CT molecular complexity index is 367. The lowest BCUT2D eigenvalue weighted by atomic mass is 9.49. The number of carbonyl (C=O) groups is 1. The highest BCUT2D eigenvalue weighted by Gasteiger charge is 2.54. The van der Waals surface area contributed by atoms with Gasteiger partial charge in [-0.3, -0.25) is 4.79 Å². The van der Waals surface area contributed by atoms with Gasteiger partial charge in [-0.2, -0.15) is 0 Å². The Labute approximate surface area is 111 Å². The average Bonchev–Trinajstić information content (AvgIpc) is 2.34. The summed E-state index contributed by atoms with van der Waals surface area (Å²) in [5.74, 6) is 0.103. The molecule has 1 saturated carbocycles. The van der Waals surface area contributed by atoms with Crippen LogP contribution in [0.1, 0.15) is 59.3 Å². The smallest absolute Gasteiger partial charge is 0.309 e. The van der Waals surface area contributed by atoms with Gasteiger partial charge in [0.05, 0.1) is 13.0 Å². The molecule has 0 amide bonds. The second-order valence-electron chi connectivity index (χ2n) is 6.76. The van der Waals surface area contributed by atoms with Crippen molar-refractivity contribution in [3.63, 3.8) is 0 Å². The molecule has 0 N–H and O–H groups in total. The summed E-state index contributed by atoms with van der Waals surface area (Å²) in [6.45, 7) is 6.89. The SMILES string of the molecule is COC(=O)C1CCCC(C)(C)[C@@]12CC=C(C)CC2. The Morgan fingerprint density at radius 2 is 2.11 bits per heavy atom. The lowest BCUT2D eigenvalue weighted by Gasteiger charge is -2.55. The van der Waals surface area contributed by atoms with Gasteiger partial charge in [-0.05, 0) is 49.9 Å². The summed E-state index contributed by atoms with van der Waals surface area (Å²) in [6.07, 6.45) is 9.06. The van der Waals surface area contributed by atoms with Crippen LogP contribution in [0.3, 0.4) is 0 Å². The van der Waals surface area contributed by atoms with Crippen molar-refractivity contribution in [3.05, 3.63) is 11.6 Å². The van der Waals surface area contributed by atoms with Crippen molar-refractivity contribution < 1.29 is 9.53 Å². The molecule has 0 saturated heterocycles. The van der Waals surface area contributed by atoms with Crippen molar-refractivity contribution in [2.45, 2.75) is 59.3 Å². The zero-order valence-corrected chi connectivity index (χ0v) is 12.2. The molecule has 0 heterocycles. The molecule has 18 heavy (non-hydrogen) atoms. The fourth-order valence-corrected chi connectivity index (χ4v) is 4.14. The highest BCUT2D eigenvalue weighted by atomic mass is 16.5. The van der Waals surface area contributed by atoms with Crippen LogP contribution in [0.15, 0.2) is 11.6 Å². The minimum absolute atomic E-state index is 0.00993. The lowest BCUT2D eigenvalue weighted by molar-refractivity contribution is -0.161. The van der Waals surface area contributed by atoms with Crippen molar-refractivity contribution in [3.8, 4) is 0 Å². The van der Waals surface area contributed by atoms with E-state index in [1.165, 1.54) is 19.1 Å². The standard InChI is InChI=1S/C16H26O2/c1-12-7-10-16(11-8-12)13(14(17)18-4)6-5-9-15(16,2)3/h7,13H,5-6,8-11H2,1-4H3/t13?,16-/m1/s1. The third-order valence-electron chi connectivity index (χ3n) is 5.58. The van der Waals surface area contributed by atoms with Gasteiger partial charge in [0.2, 0.25) is 0 Å². The summed E-state index contributed by atoms with van der Waals surface area (Å²) in [4.78, 5) is 12.2. The number of ether oxygens (including phenoxy) is 1. The fourth-order valence-electron chi connectivity index (χ4n) is 4.14. The Kier molecular flexibility index (Phi) is 3.57. The number of esters is 1. The van der Waals surface area contributed by atoms with Gasteiger partial charge in [0.1, 0.15) is 0 Å². The van der Waals surface area contributed by atoms with Gasteiger partial charge in [0.25, 0.3) is 0 Å². The zero-order chi connectivity index (χ0) is 13.4. The molecule has 1 unspecified atom stereocenters. The van der Waals surface area contributed by atoms with Crippen LogP contribution in [-0.2, 0) is 9.53 Å². The highest BCUT2D eigenvalue weighted by Crippen LogP contribution is 2.60. The van der Waals surface area contributed by atoms with Crippen molar-refractivity contribution in [1.82, 2.24) is 0 Å². The molecule has 2 nitrogen and oxygen atoms in total. The summed E-state index contributed by atoms with van der Waals surface area (Å²) >= 11 is 0. The molecule has 1 spiro atoms. The van der Waals surface area contributed by atoms with Crippen LogP contribution in [0, 0.1) is 16.7 Å². The molecule has 0 aromatic heterocycles. The van der Waals surface area contributed by atoms with E-state index >= 15 is 0 Å². The maximum atomic E-state index is 12.2. The van der Waals surface area contributed by atoms with E-state index in [2.05, 4.69) is 26.8 Å². The molecule has 102 valence electrons. The average molecular weight is 250 g/mol. The summed E-state index contributed by atoms with van der Waals surface area (Å²) in [6, 6.07) is 0. The first-order valence-corrected chi connectivity index (χ1v) is 7.16. The molecule has 2 heteroatoms. The second-order valence-corrected chi connectivity index (χ2v) is 6.76. The predicted molar refractivity (Wildman–Crippen MR) is 73.2 cm³/mol. The van der Waals surface area contributed by atoms with Crippen molar-refractivity contribution in [1.29, 1.82) is 0 Å². The van der Waals surface area contributed by atoms with E-state index in [0.717, 1.165) is 32.1 Å². The van der Waals surface area contributed by atoms with Crippen LogP contribution in [-0.4, -0.2) is 13.1 Å². The molecular weight excluding hydrogens is 224 g/mol. The van der Waals surface area contributed by atoms with Crippen LogP contribution in [0.4, 0.5) is 0 Å². The second kappa shape index (κ2) is 4.71. The summed E-state index contributed by atoms with van der Waals surface area (Å²) in [5.41, 5.74) is 1.84. The van der Waals surface area contributed by atoms with Crippen molar-refractivity contribution in [2.24, 2.45) is 16.7 Å². The molecule has 2 aliphatic rings. The Morgan fingerprint density at radius 3 is 2.67 bits per heavy atom.